The monoisotopic (exact) mass is 354 g/mol. The van der Waals surface area contributed by atoms with Crippen LogP contribution in [0, 0.1) is 5.82 Å². The van der Waals surface area contributed by atoms with Gasteiger partial charge in [0.25, 0.3) is 0 Å². The van der Waals surface area contributed by atoms with Gasteiger partial charge in [-0.15, -0.1) is 11.3 Å². The molecule has 0 amide bonds. The highest BCUT2D eigenvalue weighted by Gasteiger charge is 2.17. The SMILES string of the molecule is CCN1CCN(c2ccc(NCc3cnc(Cl)s3)c(F)c2)CC1. The van der Waals surface area contributed by atoms with E-state index in [-0.39, 0.29) is 5.82 Å². The summed E-state index contributed by atoms with van der Waals surface area (Å²) in [4.78, 5) is 9.60. The molecule has 0 radical (unpaired) electrons. The Labute approximate surface area is 144 Å². The molecule has 1 fully saturated rings. The number of nitrogens with zero attached hydrogens (tertiary/aromatic N) is 3. The fourth-order valence-electron chi connectivity index (χ4n) is 2.71. The molecule has 1 saturated heterocycles. The number of rotatable bonds is 5. The van der Waals surface area contributed by atoms with Gasteiger partial charge in [0, 0.05) is 42.9 Å². The van der Waals surface area contributed by atoms with Crippen LogP contribution >= 0.6 is 22.9 Å². The maximum absolute atomic E-state index is 14.3. The average molecular weight is 355 g/mol. The quantitative estimate of drug-likeness (QED) is 0.887. The number of piperazine rings is 1. The van der Waals surface area contributed by atoms with Gasteiger partial charge in [-0.1, -0.05) is 18.5 Å². The Morgan fingerprint density at radius 3 is 2.70 bits per heavy atom. The molecule has 2 aromatic rings. The lowest BCUT2D eigenvalue weighted by Gasteiger charge is -2.35. The van der Waals surface area contributed by atoms with E-state index in [2.05, 4.69) is 27.0 Å². The molecule has 1 aromatic heterocycles. The van der Waals surface area contributed by atoms with Gasteiger partial charge < -0.3 is 15.1 Å². The fraction of sp³-hybridized carbons (Fsp3) is 0.438. The number of hydrogen-bond donors (Lipinski definition) is 1. The van der Waals surface area contributed by atoms with E-state index in [0.29, 0.717) is 16.7 Å². The van der Waals surface area contributed by atoms with Crippen LogP contribution < -0.4 is 10.2 Å². The highest BCUT2D eigenvalue weighted by Crippen LogP contribution is 2.24. The number of hydrogen-bond acceptors (Lipinski definition) is 5. The van der Waals surface area contributed by atoms with Gasteiger partial charge in [0.2, 0.25) is 0 Å². The first-order valence-electron chi connectivity index (χ1n) is 7.76. The predicted molar refractivity (Wildman–Crippen MR) is 95.2 cm³/mol. The average Bonchev–Trinajstić information content (AvgIpc) is 2.99. The van der Waals surface area contributed by atoms with Gasteiger partial charge in [0.15, 0.2) is 4.47 Å². The number of thiazole rings is 1. The number of benzene rings is 1. The molecule has 3 rings (SSSR count). The molecule has 124 valence electrons. The van der Waals surface area contributed by atoms with Crippen LogP contribution in [-0.4, -0.2) is 42.6 Å². The summed E-state index contributed by atoms with van der Waals surface area (Å²) in [5.41, 5.74) is 1.45. The number of aromatic nitrogens is 1. The first-order valence-corrected chi connectivity index (χ1v) is 8.96. The van der Waals surface area contributed by atoms with Crippen LogP contribution in [-0.2, 0) is 6.54 Å². The minimum Gasteiger partial charge on any atom is -0.378 e. The van der Waals surface area contributed by atoms with E-state index >= 15 is 0 Å². The van der Waals surface area contributed by atoms with Crippen molar-refractivity contribution in [2.45, 2.75) is 13.5 Å². The Bertz CT molecular complexity index is 655. The van der Waals surface area contributed by atoms with Crippen molar-refractivity contribution in [2.24, 2.45) is 0 Å². The number of anilines is 2. The fourth-order valence-corrected chi connectivity index (χ4v) is 3.63. The smallest absolute Gasteiger partial charge is 0.183 e. The Kier molecular flexibility index (Phi) is 5.35. The molecule has 23 heavy (non-hydrogen) atoms. The van der Waals surface area contributed by atoms with Crippen LogP contribution in [0.25, 0.3) is 0 Å². The van der Waals surface area contributed by atoms with E-state index in [4.69, 9.17) is 11.6 Å². The molecule has 1 N–H and O–H groups in total. The molecule has 1 aromatic carbocycles. The van der Waals surface area contributed by atoms with Gasteiger partial charge in [0.05, 0.1) is 12.2 Å². The van der Waals surface area contributed by atoms with Gasteiger partial charge in [0.1, 0.15) is 5.82 Å². The molecular formula is C16H20ClFN4S. The third-order valence-corrected chi connectivity index (χ3v) is 5.23. The van der Waals surface area contributed by atoms with Crippen molar-refractivity contribution < 1.29 is 4.39 Å². The summed E-state index contributed by atoms with van der Waals surface area (Å²) in [5.74, 6) is -0.226. The summed E-state index contributed by atoms with van der Waals surface area (Å²) < 4.78 is 14.8. The lowest BCUT2D eigenvalue weighted by atomic mass is 10.2. The molecule has 2 heterocycles. The van der Waals surface area contributed by atoms with Crippen molar-refractivity contribution in [3.63, 3.8) is 0 Å². The van der Waals surface area contributed by atoms with E-state index in [1.165, 1.54) is 11.3 Å². The second-order valence-corrected chi connectivity index (χ2v) is 7.22. The second-order valence-electron chi connectivity index (χ2n) is 5.52. The summed E-state index contributed by atoms with van der Waals surface area (Å²) in [6, 6.07) is 5.40. The van der Waals surface area contributed by atoms with Crippen molar-refractivity contribution >= 4 is 34.3 Å². The highest BCUT2D eigenvalue weighted by molar-refractivity contribution is 7.15. The van der Waals surface area contributed by atoms with Crippen molar-refractivity contribution in [1.29, 1.82) is 0 Å². The van der Waals surface area contributed by atoms with E-state index in [1.807, 2.05) is 6.07 Å². The molecule has 0 bridgehead atoms. The zero-order valence-corrected chi connectivity index (χ0v) is 14.6. The molecule has 4 nitrogen and oxygen atoms in total. The molecule has 0 aliphatic carbocycles. The molecular weight excluding hydrogens is 335 g/mol. The van der Waals surface area contributed by atoms with Crippen LogP contribution in [0.4, 0.5) is 15.8 Å². The van der Waals surface area contributed by atoms with Gasteiger partial charge >= 0.3 is 0 Å². The van der Waals surface area contributed by atoms with Crippen molar-refractivity contribution in [1.82, 2.24) is 9.88 Å². The van der Waals surface area contributed by atoms with Crippen molar-refractivity contribution in [3.8, 4) is 0 Å². The largest absolute Gasteiger partial charge is 0.378 e. The summed E-state index contributed by atoms with van der Waals surface area (Å²) >= 11 is 7.20. The van der Waals surface area contributed by atoms with Crippen LogP contribution in [0.15, 0.2) is 24.4 Å². The first-order chi connectivity index (χ1) is 11.2. The lowest BCUT2D eigenvalue weighted by Crippen LogP contribution is -2.46. The zero-order valence-electron chi connectivity index (χ0n) is 13.1. The number of nitrogens with one attached hydrogen (secondary N) is 1. The normalized spacial score (nSPS) is 15.9. The number of likely N-dealkylation sites (N-methyl/N-ethyl adjacent to an activating group) is 1. The summed E-state index contributed by atoms with van der Waals surface area (Å²) in [6.07, 6.45) is 1.71. The molecule has 0 spiro atoms. The van der Waals surface area contributed by atoms with Crippen LogP contribution in [0.2, 0.25) is 4.47 Å². The molecule has 1 aliphatic rings. The predicted octanol–water partition coefficient (Wildman–Crippen LogP) is 3.69. The maximum atomic E-state index is 14.3. The Morgan fingerprint density at radius 1 is 1.30 bits per heavy atom. The Morgan fingerprint density at radius 2 is 2.09 bits per heavy atom. The molecule has 0 unspecified atom stereocenters. The van der Waals surface area contributed by atoms with Crippen molar-refractivity contribution in [2.75, 3.05) is 42.9 Å². The Hall–Kier alpha value is -1.37. The first kappa shape index (κ1) is 16.5. The van der Waals surface area contributed by atoms with Crippen molar-refractivity contribution in [3.05, 3.63) is 39.6 Å². The second kappa shape index (κ2) is 7.47. The van der Waals surface area contributed by atoms with Gasteiger partial charge in [-0.05, 0) is 24.7 Å². The lowest BCUT2D eigenvalue weighted by molar-refractivity contribution is 0.271. The van der Waals surface area contributed by atoms with Crippen LogP contribution in [0.5, 0.6) is 0 Å². The maximum Gasteiger partial charge on any atom is 0.183 e. The third kappa shape index (κ3) is 4.13. The van der Waals surface area contributed by atoms with E-state index < -0.39 is 0 Å². The minimum atomic E-state index is -0.226. The zero-order chi connectivity index (χ0) is 16.2. The Balaban J connectivity index is 1.61. The topological polar surface area (TPSA) is 31.4 Å². The summed E-state index contributed by atoms with van der Waals surface area (Å²) in [5, 5.41) is 3.10. The molecule has 0 atom stereocenters. The third-order valence-electron chi connectivity index (χ3n) is 4.12. The van der Waals surface area contributed by atoms with E-state index in [1.54, 1.807) is 18.3 Å². The van der Waals surface area contributed by atoms with E-state index in [9.17, 15) is 4.39 Å². The molecule has 7 heteroatoms. The van der Waals surface area contributed by atoms with Gasteiger partial charge in [-0.25, -0.2) is 9.37 Å². The minimum absolute atomic E-state index is 0.226. The van der Waals surface area contributed by atoms with Gasteiger partial charge in [-0.3, -0.25) is 0 Å². The molecule has 1 aliphatic heterocycles. The number of halogens is 2. The van der Waals surface area contributed by atoms with E-state index in [0.717, 1.165) is 43.3 Å². The van der Waals surface area contributed by atoms with Crippen LogP contribution in [0.1, 0.15) is 11.8 Å². The van der Waals surface area contributed by atoms with Crippen LogP contribution in [0.3, 0.4) is 0 Å². The highest BCUT2D eigenvalue weighted by atomic mass is 35.5. The van der Waals surface area contributed by atoms with Gasteiger partial charge in [-0.2, -0.15) is 0 Å². The summed E-state index contributed by atoms with van der Waals surface area (Å²) in [7, 11) is 0. The molecule has 0 saturated carbocycles. The summed E-state index contributed by atoms with van der Waals surface area (Å²) in [6.45, 7) is 7.72. The standard InChI is InChI=1S/C16H20ClFN4S/c1-2-21-5-7-22(8-6-21)12-3-4-15(14(18)9-12)19-10-13-11-20-16(17)23-13/h3-4,9,11,19H,2,5-8,10H2,1H3.